The van der Waals surface area contributed by atoms with Crippen LogP contribution in [0.2, 0.25) is 5.02 Å². The SMILES string of the molecule is COC(=O)C(CCCc1ccccc1)NC(=O)Oc1ccc(Cl)cc1C. The topological polar surface area (TPSA) is 64.6 Å². The molecular weight excluding hydrogens is 354 g/mol. The number of hydrogen-bond donors (Lipinski definition) is 1. The number of amides is 1. The number of nitrogens with one attached hydrogen (secondary N) is 1. The number of ether oxygens (including phenoxy) is 2. The first-order chi connectivity index (χ1) is 12.5. The molecular formula is C20H22ClNO4. The molecule has 0 spiro atoms. The number of rotatable bonds is 7. The molecule has 2 aromatic carbocycles. The normalized spacial score (nSPS) is 11.5. The molecule has 1 N–H and O–H groups in total. The zero-order valence-corrected chi connectivity index (χ0v) is 15.6. The summed E-state index contributed by atoms with van der Waals surface area (Å²) in [5.41, 5.74) is 1.90. The number of hydrogen-bond acceptors (Lipinski definition) is 4. The van der Waals surface area contributed by atoms with Gasteiger partial charge >= 0.3 is 12.1 Å². The van der Waals surface area contributed by atoms with Crippen molar-refractivity contribution in [2.75, 3.05) is 7.11 Å². The van der Waals surface area contributed by atoms with Gasteiger partial charge in [0, 0.05) is 5.02 Å². The van der Waals surface area contributed by atoms with Crippen LogP contribution in [-0.2, 0) is 16.0 Å². The standard InChI is InChI=1S/C20H22ClNO4/c1-14-13-16(21)11-12-18(14)26-20(24)22-17(19(23)25-2)10-6-9-15-7-4-3-5-8-15/h3-5,7-8,11-13,17H,6,9-10H2,1-2H3,(H,22,24). The lowest BCUT2D eigenvalue weighted by Crippen LogP contribution is -2.43. The Bertz CT molecular complexity index is 749. The molecule has 0 aliphatic carbocycles. The van der Waals surface area contributed by atoms with Crippen LogP contribution in [0, 0.1) is 6.92 Å². The third-order valence-corrected chi connectivity index (χ3v) is 4.15. The largest absolute Gasteiger partial charge is 0.467 e. The van der Waals surface area contributed by atoms with Gasteiger partial charge in [-0.05, 0) is 55.5 Å². The van der Waals surface area contributed by atoms with Crippen molar-refractivity contribution in [1.29, 1.82) is 0 Å². The summed E-state index contributed by atoms with van der Waals surface area (Å²) >= 11 is 5.89. The minimum absolute atomic E-state index is 0.389. The van der Waals surface area contributed by atoms with Crippen LogP contribution >= 0.6 is 11.6 Å². The molecule has 0 aromatic heterocycles. The van der Waals surface area contributed by atoms with Crippen LogP contribution in [0.4, 0.5) is 4.79 Å². The van der Waals surface area contributed by atoms with Gasteiger partial charge in [0.15, 0.2) is 0 Å². The maximum Gasteiger partial charge on any atom is 0.413 e. The number of esters is 1. The van der Waals surface area contributed by atoms with Gasteiger partial charge in [0.25, 0.3) is 0 Å². The minimum atomic E-state index is -0.760. The Morgan fingerprint density at radius 1 is 1.15 bits per heavy atom. The number of carbonyl (C=O) groups is 2. The van der Waals surface area contributed by atoms with E-state index in [1.165, 1.54) is 12.7 Å². The van der Waals surface area contributed by atoms with Gasteiger partial charge in [-0.3, -0.25) is 0 Å². The smallest absolute Gasteiger partial charge is 0.413 e. The van der Waals surface area contributed by atoms with Crippen molar-refractivity contribution in [3.63, 3.8) is 0 Å². The zero-order valence-electron chi connectivity index (χ0n) is 14.8. The molecule has 1 unspecified atom stereocenters. The molecule has 0 saturated carbocycles. The highest BCUT2D eigenvalue weighted by Crippen LogP contribution is 2.22. The Balaban J connectivity index is 1.91. The summed E-state index contributed by atoms with van der Waals surface area (Å²) in [6.45, 7) is 1.78. The van der Waals surface area contributed by atoms with Crippen LogP contribution < -0.4 is 10.1 Å². The number of benzene rings is 2. The summed E-state index contributed by atoms with van der Waals surface area (Å²) in [5, 5.41) is 3.13. The Kier molecular flexibility index (Phi) is 7.48. The first-order valence-corrected chi connectivity index (χ1v) is 8.73. The Morgan fingerprint density at radius 2 is 1.88 bits per heavy atom. The number of halogens is 1. The van der Waals surface area contributed by atoms with Gasteiger partial charge < -0.3 is 14.8 Å². The average molecular weight is 376 g/mol. The van der Waals surface area contributed by atoms with Crippen LogP contribution in [0.1, 0.15) is 24.0 Å². The maximum atomic E-state index is 12.1. The molecule has 2 rings (SSSR count). The second-order valence-corrected chi connectivity index (χ2v) is 6.33. The molecule has 2 aromatic rings. The van der Waals surface area contributed by atoms with Crippen LogP contribution in [0.25, 0.3) is 0 Å². The van der Waals surface area contributed by atoms with Gasteiger partial charge in [-0.2, -0.15) is 0 Å². The molecule has 0 saturated heterocycles. The van der Waals surface area contributed by atoms with E-state index in [2.05, 4.69) is 5.32 Å². The van der Waals surface area contributed by atoms with Crippen molar-refractivity contribution >= 4 is 23.7 Å². The van der Waals surface area contributed by atoms with Gasteiger partial charge in [0.1, 0.15) is 11.8 Å². The van der Waals surface area contributed by atoms with E-state index >= 15 is 0 Å². The molecule has 0 bridgehead atoms. The summed E-state index contributed by atoms with van der Waals surface area (Å²) < 4.78 is 10.1. The Labute approximate surface area is 158 Å². The predicted octanol–water partition coefficient (Wildman–Crippen LogP) is 4.30. The van der Waals surface area contributed by atoms with Crippen molar-refractivity contribution in [2.45, 2.75) is 32.2 Å². The van der Waals surface area contributed by atoms with E-state index in [1.807, 2.05) is 30.3 Å². The van der Waals surface area contributed by atoms with Crippen LogP contribution in [0.5, 0.6) is 5.75 Å². The van der Waals surface area contributed by atoms with E-state index in [0.29, 0.717) is 17.2 Å². The molecule has 0 radical (unpaired) electrons. The van der Waals surface area contributed by atoms with Crippen molar-refractivity contribution in [3.05, 3.63) is 64.7 Å². The van der Waals surface area contributed by atoms with Crippen LogP contribution in [0.15, 0.2) is 48.5 Å². The highest BCUT2D eigenvalue weighted by atomic mass is 35.5. The second-order valence-electron chi connectivity index (χ2n) is 5.90. The summed E-state index contributed by atoms with van der Waals surface area (Å²) in [5.74, 6) is -0.109. The van der Waals surface area contributed by atoms with Crippen molar-refractivity contribution in [1.82, 2.24) is 5.32 Å². The second kappa shape index (κ2) is 9.82. The van der Waals surface area contributed by atoms with Crippen molar-refractivity contribution < 1.29 is 19.1 Å². The number of aryl methyl sites for hydroxylation is 2. The van der Waals surface area contributed by atoms with Gasteiger partial charge in [0.05, 0.1) is 7.11 Å². The van der Waals surface area contributed by atoms with Crippen LogP contribution in [0.3, 0.4) is 0 Å². The van der Waals surface area contributed by atoms with Crippen molar-refractivity contribution in [3.8, 4) is 5.75 Å². The summed E-state index contributed by atoms with van der Waals surface area (Å²) in [6.07, 6.45) is 1.28. The van der Waals surface area contributed by atoms with Crippen molar-refractivity contribution in [2.24, 2.45) is 0 Å². The summed E-state index contributed by atoms with van der Waals surface area (Å²) in [7, 11) is 1.29. The molecule has 138 valence electrons. The fraction of sp³-hybridized carbons (Fsp3) is 0.300. The quantitative estimate of drug-likeness (QED) is 0.733. The third-order valence-electron chi connectivity index (χ3n) is 3.92. The molecule has 0 fully saturated rings. The van der Waals surface area contributed by atoms with Gasteiger partial charge in [0.2, 0.25) is 0 Å². The van der Waals surface area contributed by atoms with E-state index in [1.54, 1.807) is 25.1 Å². The van der Waals surface area contributed by atoms with E-state index < -0.39 is 18.1 Å². The lowest BCUT2D eigenvalue weighted by molar-refractivity contribution is -0.143. The molecule has 0 aliphatic heterocycles. The predicted molar refractivity (Wildman–Crippen MR) is 101 cm³/mol. The third kappa shape index (κ3) is 6.08. The monoisotopic (exact) mass is 375 g/mol. The fourth-order valence-corrected chi connectivity index (χ4v) is 2.77. The van der Waals surface area contributed by atoms with Crippen LogP contribution in [-0.4, -0.2) is 25.2 Å². The molecule has 6 heteroatoms. The molecule has 1 amide bonds. The Hall–Kier alpha value is -2.53. The minimum Gasteiger partial charge on any atom is -0.467 e. The highest BCUT2D eigenvalue weighted by Gasteiger charge is 2.22. The van der Waals surface area contributed by atoms with Gasteiger partial charge in [-0.25, -0.2) is 9.59 Å². The molecule has 26 heavy (non-hydrogen) atoms. The first-order valence-electron chi connectivity index (χ1n) is 8.36. The van der Waals surface area contributed by atoms with E-state index in [9.17, 15) is 9.59 Å². The maximum absolute atomic E-state index is 12.1. The van der Waals surface area contributed by atoms with Gasteiger partial charge in [-0.15, -0.1) is 0 Å². The fourth-order valence-electron chi connectivity index (χ4n) is 2.55. The molecule has 0 aliphatic rings. The first kappa shape index (κ1) is 19.8. The van der Waals surface area contributed by atoms with E-state index in [0.717, 1.165) is 18.4 Å². The van der Waals surface area contributed by atoms with E-state index in [4.69, 9.17) is 21.1 Å². The zero-order chi connectivity index (χ0) is 18.9. The average Bonchev–Trinajstić information content (AvgIpc) is 2.63. The highest BCUT2D eigenvalue weighted by molar-refractivity contribution is 6.30. The lowest BCUT2D eigenvalue weighted by atomic mass is 10.0. The molecule has 0 heterocycles. The van der Waals surface area contributed by atoms with E-state index in [-0.39, 0.29) is 0 Å². The lowest BCUT2D eigenvalue weighted by Gasteiger charge is -2.17. The molecule has 5 nitrogen and oxygen atoms in total. The molecule has 1 atom stereocenters. The number of methoxy groups -OCH3 is 1. The summed E-state index contributed by atoms with van der Waals surface area (Å²) in [6, 6.07) is 14.1. The number of carbonyl (C=O) groups excluding carboxylic acids is 2. The van der Waals surface area contributed by atoms with Gasteiger partial charge in [-0.1, -0.05) is 41.9 Å². The summed E-state index contributed by atoms with van der Waals surface area (Å²) in [4.78, 5) is 24.1. The Morgan fingerprint density at radius 3 is 2.54 bits per heavy atom.